The third-order valence-corrected chi connectivity index (χ3v) is 9.57. The maximum Gasteiger partial charge on any atom is 0.189 e. The third-order valence-electron chi connectivity index (χ3n) is 8.43. The van der Waals surface area contributed by atoms with Crippen LogP contribution in [0.5, 0.6) is 0 Å². The van der Waals surface area contributed by atoms with Crippen molar-refractivity contribution in [1.29, 1.82) is 0 Å². The minimum Gasteiger partial charge on any atom is -0.394 e. The number of thioether (sulfide) groups is 1. The summed E-state index contributed by atoms with van der Waals surface area (Å²) < 4.78 is 28.3. The Kier molecular flexibility index (Phi) is 18.4. The van der Waals surface area contributed by atoms with Gasteiger partial charge in [-0.1, -0.05) is 20.3 Å². The lowest BCUT2D eigenvalue weighted by molar-refractivity contribution is -0.373. The van der Waals surface area contributed by atoms with Crippen molar-refractivity contribution in [1.82, 2.24) is 0 Å². The van der Waals surface area contributed by atoms with Gasteiger partial charge in [-0.05, 0) is 71.5 Å². The van der Waals surface area contributed by atoms with Gasteiger partial charge < -0.3 is 59.4 Å². The van der Waals surface area contributed by atoms with E-state index in [4.69, 9.17) is 23.7 Å². The summed E-state index contributed by atoms with van der Waals surface area (Å²) in [4.78, 5) is 13.6. The first-order valence-corrected chi connectivity index (χ1v) is 17.8. The molecule has 0 aromatic rings. The summed E-state index contributed by atoms with van der Waals surface area (Å²) in [7, 11) is 0. The van der Waals surface area contributed by atoms with Gasteiger partial charge in [-0.15, -0.1) is 0 Å². The minimum atomic E-state index is -1.73. The molecule has 46 heavy (non-hydrogen) atoms. The molecule has 0 radical (unpaired) electrons. The van der Waals surface area contributed by atoms with Crippen LogP contribution in [-0.4, -0.2) is 146 Å². The smallest absolute Gasteiger partial charge is 0.189 e. The lowest BCUT2D eigenvalue weighted by Crippen LogP contribution is -2.63. The first kappa shape index (κ1) is 41.7. The lowest BCUT2D eigenvalue weighted by atomic mass is 9.85. The van der Waals surface area contributed by atoms with Gasteiger partial charge in [-0.2, -0.15) is 11.8 Å². The van der Waals surface area contributed by atoms with Crippen molar-refractivity contribution < 1.29 is 64.2 Å². The number of hydrogen-bond acceptors (Lipinski definition) is 14. The Labute approximate surface area is 277 Å². The normalized spacial score (nSPS) is 33.1. The number of ether oxygens (including phenoxy) is 5. The van der Waals surface area contributed by atoms with Crippen LogP contribution in [0.15, 0.2) is 0 Å². The zero-order valence-electron chi connectivity index (χ0n) is 28.3. The van der Waals surface area contributed by atoms with Gasteiger partial charge in [-0.25, -0.2) is 0 Å². The fourth-order valence-electron chi connectivity index (χ4n) is 5.44. The summed E-state index contributed by atoms with van der Waals surface area (Å²) in [5.41, 5.74) is -0.895. The van der Waals surface area contributed by atoms with E-state index in [0.717, 1.165) is 25.7 Å². The third kappa shape index (κ3) is 12.8. The maximum atomic E-state index is 13.6. The van der Waals surface area contributed by atoms with Crippen molar-refractivity contribution >= 4 is 17.5 Å². The largest absolute Gasteiger partial charge is 0.394 e. The quantitative estimate of drug-likeness (QED) is 0.0834. The Morgan fingerprint density at radius 2 is 1.33 bits per heavy atom. The molecule has 272 valence electrons. The molecular formula is C32H60O13S. The molecule has 2 rings (SSSR count). The van der Waals surface area contributed by atoms with Gasteiger partial charge in [0.2, 0.25) is 0 Å². The van der Waals surface area contributed by atoms with Gasteiger partial charge in [0.1, 0.15) is 48.3 Å². The summed E-state index contributed by atoms with van der Waals surface area (Å²) in [6.45, 7) is 12.4. The predicted molar refractivity (Wildman–Crippen MR) is 171 cm³/mol. The van der Waals surface area contributed by atoms with Crippen LogP contribution in [0.3, 0.4) is 0 Å². The number of hydrogen-bond donors (Lipinski definition) is 7. The SMILES string of the molecule is CC(C)CCOC(C)(C)C(=O)C(CCCCOC(C)C)CCCSC[C@H]1O[C@H](O[C@H]2O[C@H](CO)[C@@H](O)[C@H](O)[C@H]2O)[C@H](O)[C@@H](O)[C@@H]1O. The summed E-state index contributed by atoms with van der Waals surface area (Å²) >= 11 is 1.45. The number of rotatable bonds is 21. The van der Waals surface area contributed by atoms with Crippen molar-refractivity contribution in [3.05, 3.63) is 0 Å². The Morgan fingerprint density at radius 3 is 1.89 bits per heavy atom. The molecule has 11 atom stereocenters. The average molecular weight is 685 g/mol. The predicted octanol–water partition coefficient (Wildman–Crippen LogP) is 0.746. The molecule has 0 aromatic carbocycles. The number of carbonyl (C=O) groups is 1. The van der Waals surface area contributed by atoms with Crippen LogP contribution in [0.2, 0.25) is 0 Å². The molecule has 0 spiro atoms. The van der Waals surface area contributed by atoms with Crippen molar-refractivity contribution in [2.45, 2.75) is 153 Å². The number of aliphatic hydroxyl groups excluding tert-OH is 7. The molecule has 7 N–H and O–H groups in total. The van der Waals surface area contributed by atoms with Crippen LogP contribution in [0.25, 0.3) is 0 Å². The maximum absolute atomic E-state index is 13.6. The molecule has 13 nitrogen and oxygen atoms in total. The van der Waals surface area contributed by atoms with E-state index >= 15 is 0 Å². The monoisotopic (exact) mass is 684 g/mol. The molecular weight excluding hydrogens is 624 g/mol. The zero-order valence-corrected chi connectivity index (χ0v) is 29.1. The van der Waals surface area contributed by atoms with Crippen LogP contribution < -0.4 is 0 Å². The molecule has 0 amide bonds. The van der Waals surface area contributed by atoms with E-state index in [2.05, 4.69) is 13.8 Å². The highest BCUT2D eigenvalue weighted by molar-refractivity contribution is 7.99. The number of aliphatic hydroxyl groups is 7. The topological polar surface area (TPSA) is 205 Å². The van der Waals surface area contributed by atoms with Crippen molar-refractivity contribution in [3.63, 3.8) is 0 Å². The fourth-order valence-corrected chi connectivity index (χ4v) is 6.49. The number of Topliss-reactive ketones (excluding diaryl/α,β-unsaturated/α-hetero) is 1. The van der Waals surface area contributed by atoms with Crippen molar-refractivity contribution in [2.24, 2.45) is 11.8 Å². The molecule has 14 heteroatoms. The summed E-state index contributed by atoms with van der Waals surface area (Å²) in [5.74, 6) is 1.25. The van der Waals surface area contributed by atoms with Gasteiger partial charge in [0.05, 0.1) is 18.8 Å². The van der Waals surface area contributed by atoms with Crippen LogP contribution in [0, 0.1) is 11.8 Å². The second-order valence-electron chi connectivity index (χ2n) is 13.6. The molecule has 2 aliphatic heterocycles. The molecule has 0 aliphatic carbocycles. The summed E-state index contributed by atoms with van der Waals surface area (Å²) in [6, 6.07) is 0. The molecule has 2 saturated heterocycles. The van der Waals surface area contributed by atoms with E-state index < -0.39 is 73.6 Å². The summed E-state index contributed by atoms with van der Waals surface area (Å²) in [5, 5.41) is 71.3. The van der Waals surface area contributed by atoms with Crippen LogP contribution in [-0.2, 0) is 28.5 Å². The van der Waals surface area contributed by atoms with Gasteiger partial charge >= 0.3 is 0 Å². The van der Waals surface area contributed by atoms with E-state index in [1.165, 1.54) is 11.8 Å². The van der Waals surface area contributed by atoms with Crippen molar-refractivity contribution in [3.8, 4) is 0 Å². The van der Waals surface area contributed by atoms with Gasteiger partial charge in [0.25, 0.3) is 0 Å². The van der Waals surface area contributed by atoms with Crippen molar-refractivity contribution in [2.75, 3.05) is 31.3 Å². The molecule has 2 aliphatic rings. The minimum absolute atomic E-state index is 0.0855. The second-order valence-corrected chi connectivity index (χ2v) is 14.7. The van der Waals surface area contributed by atoms with E-state index in [1.54, 1.807) is 0 Å². The molecule has 2 heterocycles. The Hall–Kier alpha value is -0.460. The van der Waals surface area contributed by atoms with Crippen LogP contribution in [0.4, 0.5) is 0 Å². The van der Waals surface area contributed by atoms with E-state index in [-0.39, 0.29) is 23.6 Å². The first-order chi connectivity index (χ1) is 21.6. The Bertz CT molecular complexity index is 860. The Morgan fingerprint density at radius 1 is 0.761 bits per heavy atom. The van der Waals surface area contributed by atoms with Crippen LogP contribution >= 0.6 is 11.8 Å². The van der Waals surface area contributed by atoms with E-state index in [0.29, 0.717) is 37.7 Å². The highest BCUT2D eigenvalue weighted by Gasteiger charge is 2.49. The molecule has 0 bridgehead atoms. The van der Waals surface area contributed by atoms with E-state index in [1.807, 2.05) is 27.7 Å². The van der Waals surface area contributed by atoms with Gasteiger partial charge in [0, 0.05) is 24.9 Å². The average Bonchev–Trinajstić information content (AvgIpc) is 2.99. The molecule has 0 aromatic heterocycles. The summed E-state index contributed by atoms with van der Waals surface area (Å²) in [6.07, 6.45) is -10.2. The highest BCUT2D eigenvalue weighted by Crippen LogP contribution is 2.30. The number of ketones is 1. The number of carbonyl (C=O) groups excluding carboxylic acids is 1. The molecule has 2 fully saturated rings. The highest BCUT2D eigenvalue weighted by atomic mass is 32.2. The fraction of sp³-hybridized carbons (Fsp3) is 0.969. The molecule has 0 saturated carbocycles. The number of unbranched alkanes of at least 4 members (excludes halogenated alkanes) is 1. The van der Waals surface area contributed by atoms with E-state index in [9.17, 15) is 40.5 Å². The standard InChI is InChI=1S/C32H60O13S/c1-18(2)12-14-42-32(5,6)29(40)20(10-7-8-13-41-19(3)4)11-9-15-46-17-22-24(35)26(37)28(39)31(44-22)45-30-27(38)25(36)23(34)21(16-33)43-30/h18-28,30-31,33-39H,7-17H2,1-6H3/t20?,21-,22-,23-,24-,25+,26+,27-,28-,30-,31-/m1/s1. The van der Waals surface area contributed by atoms with Gasteiger partial charge in [0.15, 0.2) is 18.4 Å². The zero-order chi connectivity index (χ0) is 34.6. The first-order valence-electron chi connectivity index (χ1n) is 16.6. The second kappa shape index (κ2) is 20.3. The van der Waals surface area contributed by atoms with Gasteiger partial charge in [-0.3, -0.25) is 4.79 Å². The Balaban J connectivity index is 1.92. The lowest BCUT2D eigenvalue weighted by Gasteiger charge is -2.44. The molecule has 1 unspecified atom stereocenters. The van der Waals surface area contributed by atoms with Crippen LogP contribution in [0.1, 0.15) is 80.1 Å².